The minimum absolute atomic E-state index is 0.345. The van der Waals surface area contributed by atoms with Crippen LogP contribution in [0.4, 0.5) is 0 Å². The number of esters is 1. The molecule has 23 heavy (non-hydrogen) atoms. The van der Waals surface area contributed by atoms with Crippen molar-refractivity contribution >= 4 is 22.8 Å². The highest BCUT2D eigenvalue weighted by Crippen LogP contribution is 2.22. The van der Waals surface area contributed by atoms with Gasteiger partial charge in [-0.15, -0.1) is 0 Å². The molecular weight excluding hydrogens is 292 g/mol. The van der Waals surface area contributed by atoms with E-state index in [4.69, 9.17) is 10.5 Å². The number of hydrogen-bond acceptors (Lipinski definition) is 4. The van der Waals surface area contributed by atoms with Crippen molar-refractivity contribution in [3.63, 3.8) is 0 Å². The number of aromatic nitrogens is 1. The third-order valence-corrected chi connectivity index (χ3v) is 3.45. The van der Waals surface area contributed by atoms with Crippen molar-refractivity contribution in [2.24, 2.45) is 5.73 Å². The van der Waals surface area contributed by atoms with Crippen LogP contribution < -0.4 is 5.73 Å². The normalized spacial score (nSPS) is 11.8. The Bertz CT molecular complexity index is 857. The molecule has 0 aliphatic carbocycles. The highest BCUT2D eigenvalue weighted by Gasteiger charge is 2.24. The molecule has 0 aliphatic heterocycles. The summed E-state index contributed by atoms with van der Waals surface area (Å²) in [4.78, 5) is 28.3. The Balaban J connectivity index is 1.94. The molecule has 5 nitrogen and oxygen atoms in total. The maximum Gasteiger partial charge on any atom is 0.339 e. The van der Waals surface area contributed by atoms with E-state index >= 15 is 0 Å². The van der Waals surface area contributed by atoms with Crippen LogP contribution in [-0.4, -0.2) is 16.9 Å². The summed E-state index contributed by atoms with van der Waals surface area (Å²) < 4.78 is 5.35. The van der Waals surface area contributed by atoms with Crippen molar-refractivity contribution < 1.29 is 14.3 Å². The number of amides is 1. The number of carbonyl (C=O) groups excluding carboxylic acids is 2. The first-order valence-electron chi connectivity index (χ1n) is 7.06. The maximum atomic E-state index is 12.5. The van der Waals surface area contributed by atoms with Gasteiger partial charge in [0.2, 0.25) is 6.10 Å². The van der Waals surface area contributed by atoms with Crippen LogP contribution in [0.15, 0.2) is 66.9 Å². The van der Waals surface area contributed by atoms with Gasteiger partial charge in [-0.05, 0) is 18.2 Å². The number of benzene rings is 2. The standard InChI is InChI=1S/C18H14N2O3/c19-17(21)16(12-6-2-1-3-7-12)23-18(22)14-8-4-10-15-13(14)9-5-11-20-15/h1-11,16H,(H2,19,21). The van der Waals surface area contributed by atoms with Crippen LogP contribution in [0.1, 0.15) is 22.0 Å². The fraction of sp³-hybridized carbons (Fsp3) is 0.0556. The lowest BCUT2D eigenvalue weighted by Crippen LogP contribution is -2.26. The zero-order valence-electron chi connectivity index (χ0n) is 12.2. The largest absolute Gasteiger partial charge is 0.444 e. The molecule has 2 N–H and O–H groups in total. The Labute approximate surface area is 132 Å². The smallest absolute Gasteiger partial charge is 0.339 e. The highest BCUT2D eigenvalue weighted by atomic mass is 16.5. The average molecular weight is 306 g/mol. The number of fused-ring (bicyclic) bond motifs is 1. The Morgan fingerprint density at radius 2 is 1.74 bits per heavy atom. The third kappa shape index (κ3) is 3.03. The molecule has 1 amide bonds. The molecular formula is C18H14N2O3. The molecule has 0 saturated heterocycles. The lowest BCUT2D eigenvalue weighted by molar-refractivity contribution is -0.127. The molecule has 0 aliphatic rings. The number of primary amides is 1. The van der Waals surface area contributed by atoms with E-state index in [9.17, 15) is 9.59 Å². The summed E-state index contributed by atoms with van der Waals surface area (Å²) in [5.41, 5.74) is 6.94. The summed E-state index contributed by atoms with van der Waals surface area (Å²) in [6, 6.07) is 17.4. The fourth-order valence-corrected chi connectivity index (χ4v) is 2.37. The second-order valence-corrected chi connectivity index (χ2v) is 4.97. The number of pyridine rings is 1. The van der Waals surface area contributed by atoms with Gasteiger partial charge in [0.05, 0.1) is 11.1 Å². The van der Waals surface area contributed by atoms with E-state index in [-0.39, 0.29) is 0 Å². The van der Waals surface area contributed by atoms with E-state index in [0.717, 1.165) is 0 Å². The van der Waals surface area contributed by atoms with E-state index in [1.54, 1.807) is 66.9 Å². The van der Waals surface area contributed by atoms with Gasteiger partial charge in [0.25, 0.3) is 5.91 Å². The lowest BCUT2D eigenvalue weighted by Gasteiger charge is -2.15. The quantitative estimate of drug-likeness (QED) is 0.751. The van der Waals surface area contributed by atoms with E-state index in [0.29, 0.717) is 22.0 Å². The summed E-state index contributed by atoms with van der Waals surface area (Å²) in [6.07, 6.45) is 0.517. The van der Waals surface area contributed by atoms with Crippen molar-refractivity contribution in [2.45, 2.75) is 6.10 Å². The first kappa shape index (κ1) is 14.7. The molecule has 0 bridgehead atoms. The molecule has 0 fully saturated rings. The van der Waals surface area contributed by atoms with Gasteiger partial charge in [0.15, 0.2) is 0 Å². The van der Waals surface area contributed by atoms with Gasteiger partial charge in [-0.25, -0.2) is 4.79 Å². The molecule has 0 spiro atoms. The van der Waals surface area contributed by atoms with E-state index < -0.39 is 18.0 Å². The molecule has 0 saturated carbocycles. The molecule has 5 heteroatoms. The summed E-state index contributed by atoms with van der Waals surface area (Å²) in [5, 5.41) is 0.663. The van der Waals surface area contributed by atoms with Crippen LogP contribution in [-0.2, 0) is 9.53 Å². The van der Waals surface area contributed by atoms with Crippen molar-refractivity contribution in [1.29, 1.82) is 0 Å². The van der Waals surface area contributed by atoms with E-state index in [1.165, 1.54) is 0 Å². The van der Waals surface area contributed by atoms with Crippen molar-refractivity contribution in [3.05, 3.63) is 78.0 Å². The van der Waals surface area contributed by atoms with Crippen LogP contribution in [0.25, 0.3) is 10.9 Å². The number of hydrogen-bond donors (Lipinski definition) is 1. The molecule has 114 valence electrons. The second-order valence-electron chi connectivity index (χ2n) is 4.97. The Hall–Kier alpha value is -3.21. The topological polar surface area (TPSA) is 82.3 Å². The molecule has 1 unspecified atom stereocenters. The van der Waals surface area contributed by atoms with E-state index in [1.807, 2.05) is 0 Å². The SMILES string of the molecule is NC(=O)C(OC(=O)c1cccc2ncccc12)c1ccccc1. The predicted octanol–water partition coefficient (Wildman–Crippen LogP) is 2.62. The second kappa shape index (κ2) is 6.27. The molecule has 0 radical (unpaired) electrons. The number of nitrogens with two attached hydrogens (primary N) is 1. The third-order valence-electron chi connectivity index (χ3n) is 3.45. The Morgan fingerprint density at radius 1 is 0.957 bits per heavy atom. The summed E-state index contributed by atoms with van der Waals surface area (Å²) in [6.45, 7) is 0. The van der Waals surface area contributed by atoms with Crippen LogP contribution in [0.3, 0.4) is 0 Å². The minimum Gasteiger partial charge on any atom is -0.444 e. The fourth-order valence-electron chi connectivity index (χ4n) is 2.37. The summed E-state index contributed by atoms with van der Waals surface area (Å²) >= 11 is 0. The van der Waals surface area contributed by atoms with E-state index in [2.05, 4.69) is 4.98 Å². The van der Waals surface area contributed by atoms with Gasteiger partial charge in [-0.1, -0.05) is 42.5 Å². The van der Waals surface area contributed by atoms with Crippen LogP contribution in [0, 0.1) is 0 Å². The van der Waals surface area contributed by atoms with Crippen molar-refractivity contribution in [2.75, 3.05) is 0 Å². The number of nitrogens with zero attached hydrogens (tertiary/aromatic N) is 1. The van der Waals surface area contributed by atoms with Crippen LogP contribution in [0.2, 0.25) is 0 Å². The lowest BCUT2D eigenvalue weighted by atomic mass is 10.1. The molecule has 1 aromatic heterocycles. The van der Waals surface area contributed by atoms with Crippen molar-refractivity contribution in [3.8, 4) is 0 Å². The van der Waals surface area contributed by atoms with Crippen LogP contribution in [0.5, 0.6) is 0 Å². The molecule has 1 atom stereocenters. The van der Waals surface area contributed by atoms with Gasteiger partial charge in [-0.2, -0.15) is 0 Å². The van der Waals surface area contributed by atoms with Crippen molar-refractivity contribution in [1.82, 2.24) is 4.98 Å². The average Bonchev–Trinajstić information content (AvgIpc) is 2.59. The summed E-state index contributed by atoms with van der Waals surface area (Å²) in [7, 11) is 0. The van der Waals surface area contributed by atoms with Crippen LogP contribution >= 0.6 is 0 Å². The Kier molecular flexibility index (Phi) is 4.01. The van der Waals surface area contributed by atoms with Gasteiger partial charge >= 0.3 is 5.97 Å². The highest BCUT2D eigenvalue weighted by molar-refractivity contribution is 6.04. The zero-order valence-corrected chi connectivity index (χ0v) is 12.2. The first-order valence-corrected chi connectivity index (χ1v) is 7.06. The minimum atomic E-state index is -1.13. The zero-order chi connectivity index (χ0) is 16.2. The Morgan fingerprint density at radius 3 is 2.48 bits per heavy atom. The van der Waals surface area contributed by atoms with Gasteiger partial charge in [0.1, 0.15) is 0 Å². The molecule has 3 rings (SSSR count). The van der Waals surface area contributed by atoms with Gasteiger partial charge < -0.3 is 10.5 Å². The maximum absolute atomic E-state index is 12.5. The number of ether oxygens (including phenoxy) is 1. The van der Waals surface area contributed by atoms with Gasteiger partial charge in [-0.3, -0.25) is 9.78 Å². The molecule has 2 aromatic carbocycles. The predicted molar refractivity (Wildman–Crippen MR) is 85.5 cm³/mol. The number of rotatable bonds is 4. The molecule has 1 heterocycles. The monoisotopic (exact) mass is 306 g/mol. The summed E-state index contributed by atoms with van der Waals surface area (Å²) in [5.74, 6) is -1.33. The number of carbonyl (C=O) groups is 2. The van der Waals surface area contributed by atoms with Gasteiger partial charge in [0, 0.05) is 17.1 Å². The molecule has 3 aromatic rings. The first-order chi connectivity index (χ1) is 11.2.